The smallest absolute Gasteiger partial charge is 0.321 e. The van der Waals surface area contributed by atoms with Gasteiger partial charge in [-0.2, -0.15) is 0 Å². The van der Waals surface area contributed by atoms with Crippen LogP contribution in [-0.4, -0.2) is 39.8 Å². The number of rotatable bonds is 5. The van der Waals surface area contributed by atoms with Crippen LogP contribution >= 0.6 is 11.8 Å². The van der Waals surface area contributed by atoms with Crippen LogP contribution in [0.5, 0.6) is 0 Å². The zero-order valence-electron chi connectivity index (χ0n) is 15.8. The number of anilines is 1. The van der Waals surface area contributed by atoms with Crippen LogP contribution < -0.4 is 5.32 Å². The van der Waals surface area contributed by atoms with Crippen LogP contribution in [0.3, 0.4) is 0 Å². The quantitative estimate of drug-likeness (QED) is 0.781. The molecule has 2 aromatic carbocycles. The van der Waals surface area contributed by atoms with Gasteiger partial charge in [0.2, 0.25) is 5.91 Å². The van der Waals surface area contributed by atoms with E-state index in [4.69, 9.17) is 0 Å². The van der Waals surface area contributed by atoms with E-state index in [1.165, 1.54) is 15.9 Å². The first-order valence-electron chi connectivity index (χ1n) is 8.81. The number of hydrogen-bond donors (Lipinski definition) is 1. The second kappa shape index (κ2) is 8.60. The highest BCUT2D eigenvalue weighted by atomic mass is 32.2. The van der Waals surface area contributed by atoms with E-state index in [1.54, 1.807) is 38.2 Å². The van der Waals surface area contributed by atoms with Gasteiger partial charge in [-0.3, -0.25) is 14.5 Å². The first kappa shape index (κ1) is 20.8. The second-order valence-corrected chi connectivity index (χ2v) is 7.55. The molecule has 1 saturated heterocycles. The molecule has 9 heteroatoms. The summed E-state index contributed by atoms with van der Waals surface area (Å²) >= 11 is 0.981. The van der Waals surface area contributed by atoms with Crippen molar-refractivity contribution in [3.8, 4) is 0 Å². The average molecular weight is 419 g/mol. The lowest BCUT2D eigenvalue weighted by Gasteiger charge is -2.25. The third-order valence-electron chi connectivity index (χ3n) is 4.71. The Morgan fingerprint density at radius 3 is 2.45 bits per heavy atom. The van der Waals surface area contributed by atoms with E-state index in [-0.39, 0.29) is 23.4 Å². The van der Waals surface area contributed by atoms with Crippen molar-refractivity contribution in [3.05, 3.63) is 65.2 Å². The number of halogens is 2. The molecule has 152 valence electrons. The number of imide groups is 1. The number of nitrogens with zero attached hydrogens (tertiary/aromatic N) is 2. The van der Waals surface area contributed by atoms with Crippen LogP contribution in [0.25, 0.3) is 0 Å². The molecule has 0 aromatic heterocycles. The molecule has 3 rings (SSSR count). The molecule has 1 heterocycles. The van der Waals surface area contributed by atoms with E-state index in [0.717, 1.165) is 29.5 Å². The minimum absolute atomic E-state index is 0.162. The Kier molecular flexibility index (Phi) is 6.17. The van der Waals surface area contributed by atoms with Gasteiger partial charge in [0.15, 0.2) is 11.6 Å². The number of amides is 4. The molecule has 2 aromatic rings. The minimum Gasteiger partial charge on any atom is -0.321 e. The molecular formula is C20H19F2N3O3S. The van der Waals surface area contributed by atoms with E-state index >= 15 is 0 Å². The third-order valence-corrected chi connectivity index (χ3v) is 5.57. The maximum atomic E-state index is 13.4. The van der Waals surface area contributed by atoms with Crippen LogP contribution in [-0.2, 0) is 11.3 Å². The summed E-state index contributed by atoms with van der Waals surface area (Å²) < 4.78 is 26.5. The molecule has 1 N–H and O–H groups in total. The molecule has 29 heavy (non-hydrogen) atoms. The van der Waals surface area contributed by atoms with Gasteiger partial charge >= 0.3 is 6.03 Å². The van der Waals surface area contributed by atoms with Crippen molar-refractivity contribution in [2.24, 2.45) is 0 Å². The largest absolute Gasteiger partial charge is 0.322 e. The van der Waals surface area contributed by atoms with Crippen LogP contribution in [0.2, 0.25) is 0 Å². The van der Waals surface area contributed by atoms with Crippen molar-refractivity contribution >= 4 is 34.6 Å². The summed E-state index contributed by atoms with van der Waals surface area (Å²) in [7, 11) is 1.55. The van der Waals surface area contributed by atoms with Gasteiger partial charge < -0.3 is 10.2 Å². The summed E-state index contributed by atoms with van der Waals surface area (Å²) in [4.78, 5) is 38.4. The average Bonchev–Trinajstić information content (AvgIpc) is 3.02. The van der Waals surface area contributed by atoms with Crippen molar-refractivity contribution in [1.29, 1.82) is 0 Å². The van der Waals surface area contributed by atoms with Crippen molar-refractivity contribution < 1.29 is 23.2 Å². The molecular weight excluding hydrogens is 400 g/mol. The van der Waals surface area contributed by atoms with E-state index < -0.39 is 23.7 Å². The van der Waals surface area contributed by atoms with Crippen molar-refractivity contribution in [3.63, 3.8) is 0 Å². The SMILES string of the molecule is CC(c1ccc(F)c(F)c1)N(C)C(=O)Nc1ccc(CN2C(=O)CSC2=O)cc1. The summed E-state index contributed by atoms with van der Waals surface area (Å²) in [6.45, 7) is 1.89. The molecule has 0 radical (unpaired) electrons. The van der Waals surface area contributed by atoms with E-state index in [1.807, 2.05) is 0 Å². The number of thioether (sulfide) groups is 1. The lowest BCUT2D eigenvalue weighted by molar-refractivity contribution is -0.125. The number of carbonyl (C=O) groups excluding carboxylic acids is 3. The van der Waals surface area contributed by atoms with Gasteiger partial charge in [-0.1, -0.05) is 30.0 Å². The molecule has 0 spiro atoms. The number of benzene rings is 2. The number of nitrogens with one attached hydrogen (secondary N) is 1. The Morgan fingerprint density at radius 2 is 1.86 bits per heavy atom. The predicted molar refractivity (Wildman–Crippen MR) is 106 cm³/mol. The molecule has 1 aliphatic heterocycles. The molecule has 1 unspecified atom stereocenters. The van der Waals surface area contributed by atoms with E-state index in [2.05, 4.69) is 5.32 Å². The molecule has 1 aliphatic rings. The molecule has 0 bridgehead atoms. The molecule has 4 amide bonds. The Bertz CT molecular complexity index is 936. The molecule has 6 nitrogen and oxygen atoms in total. The zero-order chi connectivity index (χ0) is 21.1. The normalized spacial score (nSPS) is 14.8. The summed E-state index contributed by atoms with van der Waals surface area (Å²) in [5.74, 6) is -1.96. The highest BCUT2D eigenvalue weighted by Crippen LogP contribution is 2.23. The van der Waals surface area contributed by atoms with Gasteiger partial charge in [0, 0.05) is 12.7 Å². The first-order chi connectivity index (χ1) is 13.8. The van der Waals surface area contributed by atoms with E-state index in [0.29, 0.717) is 11.3 Å². The maximum absolute atomic E-state index is 13.4. The second-order valence-electron chi connectivity index (χ2n) is 6.62. The summed E-state index contributed by atoms with van der Waals surface area (Å²) in [6, 6.07) is 9.41. The number of hydrogen-bond acceptors (Lipinski definition) is 4. The van der Waals surface area contributed by atoms with E-state index in [9.17, 15) is 23.2 Å². The zero-order valence-corrected chi connectivity index (χ0v) is 16.6. The third kappa shape index (κ3) is 4.73. The maximum Gasteiger partial charge on any atom is 0.322 e. The fraction of sp³-hybridized carbons (Fsp3) is 0.250. The number of urea groups is 1. The Balaban J connectivity index is 1.61. The molecule has 1 atom stereocenters. The standard InChI is InChI=1S/C20H19F2N3O3S/c1-12(14-5-8-16(21)17(22)9-14)24(2)19(27)23-15-6-3-13(4-7-15)10-25-18(26)11-29-20(25)28/h3-9,12H,10-11H2,1-2H3,(H,23,27). The van der Waals surface area contributed by atoms with Crippen molar-refractivity contribution in [2.75, 3.05) is 18.1 Å². The Labute approximate surface area is 170 Å². The monoisotopic (exact) mass is 419 g/mol. The topological polar surface area (TPSA) is 69.7 Å². The molecule has 1 fully saturated rings. The van der Waals surface area contributed by atoms with Gasteiger partial charge in [0.25, 0.3) is 5.24 Å². The van der Waals surface area contributed by atoms with Crippen LogP contribution in [0, 0.1) is 11.6 Å². The molecule has 0 aliphatic carbocycles. The Morgan fingerprint density at radius 1 is 1.17 bits per heavy atom. The first-order valence-corrected chi connectivity index (χ1v) is 9.79. The lowest BCUT2D eigenvalue weighted by Crippen LogP contribution is -2.33. The van der Waals surface area contributed by atoms with Gasteiger partial charge in [-0.15, -0.1) is 0 Å². The predicted octanol–water partition coefficient (Wildman–Crippen LogP) is 4.39. The summed E-state index contributed by atoms with van der Waals surface area (Å²) in [5, 5.41) is 2.46. The van der Waals surface area contributed by atoms with Gasteiger partial charge in [0.1, 0.15) is 0 Å². The lowest BCUT2D eigenvalue weighted by atomic mass is 10.1. The van der Waals surface area contributed by atoms with Crippen LogP contribution in [0.1, 0.15) is 24.1 Å². The fourth-order valence-electron chi connectivity index (χ4n) is 2.79. The fourth-order valence-corrected chi connectivity index (χ4v) is 3.52. The van der Waals surface area contributed by atoms with Gasteiger partial charge in [-0.05, 0) is 42.3 Å². The Hall–Kier alpha value is -2.94. The number of carbonyl (C=O) groups is 3. The van der Waals surface area contributed by atoms with Gasteiger partial charge in [0.05, 0.1) is 18.3 Å². The molecule has 0 saturated carbocycles. The van der Waals surface area contributed by atoms with Gasteiger partial charge in [-0.25, -0.2) is 13.6 Å². The van der Waals surface area contributed by atoms with Crippen molar-refractivity contribution in [1.82, 2.24) is 9.80 Å². The van der Waals surface area contributed by atoms with Crippen molar-refractivity contribution in [2.45, 2.75) is 19.5 Å². The van der Waals surface area contributed by atoms with Crippen LogP contribution in [0.15, 0.2) is 42.5 Å². The highest BCUT2D eigenvalue weighted by Gasteiger charge is 2.29. The summed E-state index contributed by atoms with van der Waals surface area (Å²) in [5.41, 5.74) is 1.75. The minimum atomic E-state index is -0.966. The highest BCUT2D eigenvalue weighted by molar-refractivity contribution is 8.14. The van der Waals surface area contributed by atoms with Crippen LogP contribution in [0.4, 0.5) is 24.1 Å². The summed E-state index contributed by atoms with van der Waals surface area (Å²) in [6.07, 6.45) is 0.